The predicted molar refractivity (Wildman–Crippen MR) is 132 cm³/mol. The molecule has 1 amide bonds. The molecule has 5 rings (SSSR count). The molecule has 2 atom stereocenters. The van der Waals surface area contributed by atoms with Crippen LogP contribution in [0.5, 0.6) is 0 Å². The number of amides is 1. The molecule has 2 fully saturated rings. The Morgan fingerprint density at radius 1 is 1.03 bits per heavy atom. The van der Waals surface area contributed by atoms with E-state index in [0.29, 0.717) is 24.2 Å². The second kappa shape index (κ2) is 9.28. The van der Waals surface area contributed by atoms with Crippen molar-refractivity contribution in [2.45, 2.75) is 51.2 Å². The van der Waals surface area contributed by atoms with Gasteiger partial charge in [0.1, 0.15) is 0 Å². The van der Waals surface area contributed by atoms with E-state index < -0.39 is 0 Å². The lowest BCUT2D eigenvalue weighted by atomic mass is 9.85. The van der Waals surface area contributed by atoms with Gasteiger partial charge in [-0.1, -0.05) is 29.8 Å². The number of nitrogens with two attached hydrogens (primary N) is 1. The maximum Gasteiger partial charge on any atom is 0.251 e. The zero-order valence-electron chi connectivity index (χ0n) is 19.1. The van der Waals surface area contributed by atoms with E-state index >= 15 is 0 Å². The monoisotopic (exact) mass is 441 g/mol. The minimum atomic E-state index is -0.0344. The Morgan fingerprint density at radius 3 is 2.39 bits per heavy atom. The number of hydrogen-bond donors (Lipinski definition) is 2. The third-order valence-electron chi connectivity index (χ3n) is 6.98. The molecule has 2 aliphatic rings. The zero-order chi connectivity index (χ0) is 22.8. The van der Waals surface area contributed by atoms with Crippen molar-refractivity contribution in [3.63, 3.8) is 0 Å². The van der Waals surface area contributed by atoms with Gasteiger partial charge >= 0.3 is 0 Å². The Kier molecular flexibility index (Phi) is 6.05. The molecule has 2 aromatic carbocycles. The Balaban J connectivity index is 1.50. The highest BCUT2D eigenvalue weighted by Crippen LogP contribution is 2.43. The number of nitrogens with one attached hydrogen (secondary N) is 1. The lowest BCUT2D eigenvalue weighted by Crippen LogP contribution is -2.40. The van der Waals surface area contributed by atoms with E-state index in [2.05, 4.69) is 40.5 Å². The van der Waals surface area contributed by atoms with Gasteiger partial charge in [-0.25, -0.2) is 0 Å². The summed E-state index contributed by atoms with van der Waals surface area (Å²) in [7, 11) is 0. The average Bonchev–Trinajstić information content (AvgIpc) is 3.40. The number of furan rings is 1. The molecule has 0 spiro atoms. The highest BCUT2D eigenvalue weighted by molar-refractivity contribution is 5.95. The number of nitrogen functional groups attached to an aromatic ring is 1. The van der Waals surface area contributed by atoms with Crippen molar-refractivity contribution in [2.75, 3.05) is 12.3 Å². The van der Waals surface area contributed by atoms with Crippen LogP contribution < -0.4 is 11.1 Å². The van der Waals surface area contributed by atoms with Crippen LogP contribution in [0.3, 0.4) is 0 Å². The Morgan fingerprint density at radius 2 is 1.76 bits per heavy atom. The maximum atomic E-state index is 12.3. The van der Waals surface area contributed by atoms with Crippen LogP contribution in [-0.2, 0) is 6.54 Å². The quantitative estimate of drug-likeness (QED) is 0.513. The molecule has 2 saturated heterocycles. The van der Waals surface area contributed by atoms with E-state index in [4.69, 9.17) is 10.2 Å². The maximum absolute atomic E-state index is 12.3. The minimum absolute atomic E-state index is 0.0344. The number of piperidine rings is 1. The van der Waals surface area contributed by atoms with Crippen molar-refractivity contribution in [2.24, 2.45) is 0 Å². The molecule has 2 unspecified atom stereocenters. The Labute approximate surface area is 195 Å². The van der Waals surface area contributed by atoms with Crippen molar-refractivity contribution in [3.05, 3.63) is 95.0 Å². The van der Waals surface area contributed by atoms with Crippen molar-refractivity contribution in [1.82, 2.24) is 10.2 Å². The summed E-state index contributed by atoms with van der Waals surface area (Å²) in [6, 6.07) is 19.3. The molecule has 5 nitrogen and oxygen atoms in total. The summed E-state index contributed by atoms with van der Waals surface area (Å²) in [5.74, 6) is -0.0344. The van der Waals surface area contributed by atoms with Gasteiger partial charge in [0.2, 0.25) is 0 Å². The smallest absolute Gasteiger partial charge is 0.251 e. The van der Waals surface area contributed by atoms with Crippen molar-refractivity contribution in [1.29, 1.82) is 0 Å². The summed E-state index contributed by atoms with van der Waals surface area (Å²) in [5, 5.41) is 2.88. The van der Waals surface area contributed by atoms with Gasteiger partial charge in [0, 0.05) is 42.0 Å². The van der Waals surface area contributed by atoms with Crippen LogP contribution in [0.1, 0.15) is 59.7 Å². The number of hydrogen-bond acceptors (Lipinski definition) is 4. The standard InChI is InChI=1S/C28H31N3O2/c1-2-30-28(32)21-8-6-20(7-9-21)27(22-4-3-5-24(29)14-22)23-15-25-10-11-26(16-23)31(25)17-19-12-13-33-18-19/h3-9,12-14,18,25-26H,2,10-11,15-17,29H2,1H3,(H,30,32). The number of fused-ring (bicyclic) bond motifs is 2. The zero-order valence-corrected chi connectivity index (χ0v) is 19.1. The van der Waals surface area contributed by atoms with Crippen LogP contribution >= 0.6 is 0 Å². The number of anilines is 1. The van der Waals surface area contributed by atoms with Gasteiger partial charge in [0.05, 0.1) is 12.5 Å². The second-order valence-electron chi connectivity index (χ2n) is 9.14. The van der Waals surface area contributed by atoms with Gasteiger partial charge < -0.3 is 15.5 Å². The first-order valence-electron chi connectivity index (χ1n) is 11.9. The fourth-order valence-corrected chi connectivity index (χ4v) is 5.48. The van der Waals surface area contributed by atoms with Crippen LogP contribution in [0.15, 0.2) is 77.1 Å². The second-order valence-corrected chi connectivity index (χ2v) is 9.14. The van der Waals surface area contributed by atoms with Crippen molar-refractivity contribution in [3.8, 4) is 0 Å². The van der Waals surface area contributed by atoms with Crippen LogP contribution in [-0.4, -0.2) is 29.4 Å². The molecule has 170 valence electrons. The highest BCUT2D eigenvalue weighted by atomic mass is 16.3. The van der Waals surface area contributed by atoms with Crippen LogP contribution in [0.2, 0.25) is 0 Å². The summed E-state index contributed by atoms with van der Waals surface area (Å²) in [4.78, 5) is 14.9. The molecule has 5 heteroatoms. The lowest BCUT2D eigenvalue weighted by Gasteiger charge is -2.37. The van der Waals surface area contributed by atoms with E-state index in [1.165, 1.54) is 29.6 Å². The van der Waals surface area contributed by atoms with E-state index in [9.17, 15) is 4.79 Å². The molecule has 1 aromatic heterocycles. The SMILES string of the molecule is CCNC(=O)c1ccc(C(=C2CC3CCC(C2)N3Cc2ccoc2)c2cccc(N)c2)cc1. The van der Waals surface area contributed by atoms with E-state index in [0.717, 1.165) is 36.2 Å². The highest BCUT2D eigenvalue weighted by Gasteiger charge is 2.39. The van der Waals surface area contributed by atoms with Gasteiger partial charge in [0.25, 0.3) is 5.91 Å². The lowest BCUT2D eigenvalue weighted by molar-refractivity contribution is 0.0956. The number of carbonyl (C=O) groups excluding carboxylic acids is 1. The summed E-state index contributed by atoms with van der Waals surface area (Å²) in [6.45, 7) is 3.51. The fraction of sp³-hybridized carbons (Fsp3) is 0.321. The molecule has 0 aliphatic carbocycles. The van der Waals surface area contributed by atoms with Gasteiger partial charge in [-0.15, -0.1) is 0 Å². The summed E-state index contributed by atoms with van der Waals surface area (Å²) < 4.78 is 5.30. The van der Waals surface area contributed by atoms with Gasteiger partial charge in [0.15, 0.2) is 0 Å². The predicted octanol–water partition coefficient (Wildman–Crippen LogP) is 5.24. The first-order chi connectivity index (χ1) is 16.1. The fourth-order valence-electron chi connectivity index (χ4n) is 5.48. The number of benzene rings is 2. The van der Waals surface area contributed by atoms with Crippen LogP contribution in [0, 0.1) is 0 Å². The molecule has 2 aliphatic heterocycles. The molecule has 3 heterocycles. The molecule has 0 radical (unpaired) electrons. The summed E-state index contributed by atoms with van der Waals surface area (Å²) in [5.41, 5.74) is 13.9. The van der Waals surface area contributed by atoms with Crippen LogP contribution in [0.4, 0.5) is 5.69 Å². The van der Waals surface area contributed by atoms with Gasteiger partial charge in [-0.2, -0.15) is 0 Å². The van der Waals surface area contributed by atoms with Gasteiger partial charge in [-0.05, 0) is 79.6 Å². The molecule has 2 bridgehead atoms. The largest absolute Gasteiger partial charge is 0.472 e. The average molecular weight is 442 g/mol. The first-order valence-corrected chi connectivity index (χ1v) is 11.9. The first kappa shape index (κ1) is 21.5. The summed E-state index contributed by atoms with van der Waals surface area (Å²) >= 11 is 0. The third kappa shape index (κ3) is 4.46. The topological polar surface area (TPSA) is 71.5 Å². The number of rotatable bonds is 6. The van der Waals surface area contributed by atoms with E-state index in [1.54, 1.807) is 6.26 Å². The normalized spacial score (nSPS) is 20.1. The van der Waals surface area contributed by atoms with E-state index in [1.807, 2.05) is 37.5 Å². The van der Waals surface area contributed by atoms with Crippen molar-refractivity contribution >= 4 is 17.2 Å². The minimum Gasteiger partial charge on any atom is -0.472 e. The number of nitrogens with zero attached hydrogens (tertiary/aromatic N) is 1. The molecule has 33 heavy (non-hydrogen) atoms. The molecule has 3 aromatic rings. The molecular weight excluding hydrogens is 410 g/mol. The van der Waals surface area contributed by atoms with E-state index in [-0.39, 0.29) is 5.91 Å². The molecule has 0 saturated carbocycles. The number of carbonyl (C=O) groups is 1. The Hall–Kier alpha value is -3.31. The van der Waals surface area contributed by atoms with Crippen LogP contribution in [0.25, 0.3) is 5.57 Å². The molecule has 3 N–H and O–H groups in total. The van der Waals surface area contributed by atoms with Crippen molar-refractivity contribution < 1.29 is 9.21 Å². The van der Waals surface area contributed by atoms with Gasteiger partial charge in [-0.3, -0.25) is 9.69 Å². The molecular formula is C28H31N3O2. The summed E-state index contributed by atoms with van der Waals surface area (Å²) in [6.07, 6.45) is 8.18. The Bertz CT molecular complexity index is 1130. The third-order valence-corrected chi connectivity index (χ3v) is 6.98.